The number of hydrogen-bond acceptors (Lipinski definition) is 1. The fourth-order valence-electron chi connectivity index (χ4n) is 1.80. The van der Waals surface area contributed by atoms with Crippen molar-refractivity contribution in [3.63, 3.8) is 0 Å². The zero-order chi connectivity index (χ0) is 13.4. The summed E-state index contributed by atoms with van der Waals surface area (Å²) in [6, 6.07) is 7.90. The van der Waals surface area contributed by atoms with Gasteiger partial charge in [0.15, 0.2) is 0 Å². The van der Waals surface area contributed by atoms with Gasteiger partial charge in [0, 0.05) is 11.7 Å². The van der Waals surface area contributed by atoms with E-state index in [4.69, 9.17) is 0 Å². The molecule has 0 spiro atoms. The molecular weight excluding hydrogens is 224 g/mol. The van der Waals surface area contributed by atoms with E-state index in [2.05, 4.69) is 17.6 Å². The van der Waals surface area contributed by atoms with Crippen molar-refractivity contribution in [3.8, 4) is 0 Å². The van der Waals surface area contributed by atoms with Crippen LogP contribution in [-0.2, 0) is 0 Å². The normalized spacial score (nSPS) is 11.9. The quantitative estimate of drug-likeness (QED) is 0.732. The van der Waals surface area contributed by atoms with Crippen LogP contribution in [0.4, 0.5) is 10.5 Å². The van der Waals surface area contributed by atoms with Crippen LogP contribution in [0.15, 0.2) is 24.3 Å². The smallest absolute Gasteiger partial charge is 0.319 e. The molecule has 3 heteroatoms. The third-order valence-corrected chi connectivity index (χ3v) is 2.93. The topological polar surface area (TPSA) is 41.1 Å². The number of unbranched alkanes of at least 4 members (excludes halogenated alkanes) is 2. The molecule has 0 saturated carbocycles. The van der Waals surface area contributed by atoms with Crippen LogP contribution in [-0.4, -0.2) is 12.1 Å². The first-order chi connectivity index (χ1) is 8.61. The van der Waals surface area contributed by atoms with Crippen molar-refractivity contribution in [1.29, 1.82) is 0 Å². The van der Waals surface area contributed by atoms with Crippen LogP contribution in [0.5, 0.6) is 0 Å². The Morgan fingerprint density at radius 3 is 2.50 bits per heavy atom. The van der Waals surface area contributed by atoms with E-state index < -0.39 is 0 Å². The average molecular weight is 248 g/mol. The van der Waals surface area contributed by atoms with E-state index in [-0.39, 0.29) is 12.1 Å². The van der Waals surface area contributed by atoms with Crippen molar-refractivity contribution in [2.24, 2.45) is 0 Å². The average Bonchev–Trinajstić information content (AvgIpc) is 2.32. The van der Waals surface area contributed by atoms with Crippen LogP contribution in [0.2, 0.25) is 0 Å². The maximum absolute atomic E-state index is 11.7. The van der Waals surface area contributed by atoms with Gasteiger partial charge in [-0.05, 0) is 32.4 Å². The van der Waals surface area contributed by atoms with Crippen LogP contribution in [0.25, 0.3) is 0 Å². The first-order valence-electron chi connectivity index (χ1n) is 6.76. The fraction of sp³-hybridized carbons (Fsp3) is 0.533. The Kier molecular flexibility index (Phi) is 6.26. The number of carbonyl (C=O) groups excluding carboxylic acids is 1. The fourth-order valence-corrected chi connectivity index (χ4v) is 1.80. The molecule has 0 heterocycles. The molecule has 1 rings (SSSR count). The SMILES string of the molecule is CCCCCC(C)NC(=O)Nc1ccc(C)cc1. The minimum Gasteiger partial charge on any atom is -0.335 e. The van der Waals surface area contributed by atoms with E-state index in [0.717, 1.165) is 12.1 Å². The van der Waals surface area contributed by atoms with E-state index >= 15 is 0 Å². The molecule has 1 atom stereocenters. The van der Waals surface area contributed by atoms with Gasteiger partial charge in [-0.2, -0.15) is 0 Å². The number of anilines is 1. The van der Waals surface area contributed by atoms with Gasteiger partial charge in [-0.15, -0.1) is 0 Å². The summed E-state index contributed by atoms with van der Waals surface area (Å²) < 4.78 is 0. The summed E-state index contributed by atoms with van der Waals surface area (Å²) in [5, 5.41) is 5.79. The van der Waals surface area contributed by atoms with Gasteiger partial charge in [0.25, 0.3) is 0 Å². The molecule has 0 aliphatic rings. The third-order valence-electron chi connectivity index (χ3n) is 2.93. The van der Waals surface area contributed by atoms with E-state index in [0.29, 0.717) is 0 Å². The Hall–Kier alpha value is -1.51. The Morgan fingerprint density at radius 2 is 1.89 bits per heavy atom. The van der Waals surface area contributed by atoms with E-state index in [9.17, 15) is 4.79 Å². The van der Waals surface area contributed by atoms with Gasteiger partial charge < -0.3 is 10.6 Å². The lowest BCUT2D eigenvalue weighted by atomic mass is 10.1. The second-order valence-electron chi connectivity index (χ2n) is 4.86. The monoisotopic (exact) mass is 248 g/mol. The molecule has 0 radical (unpaired) electrons. The minimum atomic E-state index is -0.122. The molecule has 0 saturated heterocycles. The maximum Gasteiger partial charge on any atom is 0.319 e. The zero-order valence-corrected chi connectivity index (χ0v) is 11.6. The van der Waals surface area contributed by atoms with Crippen molar-refractivity contribution in [2.45, 2.75) is 52.5 Å². The molecule has 0 aromatic heterocycles. The lowest BCUT2D eigenvalue weighted by Gasteiger charge is -2.14. The van der Waals surface area contributed by atoms with Gasteiger partial charge in [-0.25, -0.2) is 4.79 Å². The number of rotatable bonds is 6. The highest BCUT2D eigenvalue weighted by Gasteiger charge is 2.06. The number of amides is 2. The molecule has 0 aliphatic carbocycles. The van der Waals surface area contributed by atoms with Gasteiger partial charge in [0.05, 0.1) is 0 Å². The molecule has 0 aliphatic heterocycles. The number of nitrogens with one attached hydrogen (secondary N) is 2. The molecule has 1 aromatic carbocycles. The van der Waals surface area contributed by atoms with Crippen molar-refractivity contribution in [1.82, 2.24) is 5.32 Å². The number of urea groups is 1. The Morgan fingerprint density at radius 1 is 1.22 bits per heavy atom. The summed E-state index contributed by atoms with van der Waals surface area (Å²) >= 11 is 0. The van der Waals surface area contributed by atoms with E-state index in [1.807, 2.05) is 38.1 Å². The van der Waals surface area contributed by atoms with Gasteiger partial charge in [-0.1, -0.05) is 43.9 Å². The third kappa shape index (κ3) is 5.71. The predicted molar refractivity (Wildman–Crippen MR) is 76.9 cm³/mol. The van der Waals surface area contributed by atoms with Crippen LogP contribution in [0, 0.1) is 6.92 Å². The van der Waals surface area contributed by atoms with Gasteiger partial charge >= 0.3 is 6.03 Å². The van der Waals surface area contributed by atoms with Crippen molar-refractivity contribution in [3.05, 3.63) is 29.8 Å². The number of aryl methyl sites for hydroxylation is 1. The molecule has 18 heavy (non-hydrogen) atoms. The molecule has 0 bridgehead atoms. The van der Waals surface area contributed by atoms with Crippen molar-refractivity contribution < 1.29 is 4.79 Å². The molecule has 3 nitrogen and oxygen atoms in total. The van der Waals surface area contributed by atoms with Crippen LogP contribution >= 0.6 is 0 Å². The maximum atomic E-state index is 11.7. The second-order valence-corrected chi connectivity index (χ2v) is 4.86. The molecule has 1 aromatic rings. The highest BCUT2D eigenvalue weighted by atomic mass is 16.2. The highest BCUT2D eigenvalue weighted by molar-refractivity contribution is 5.89. The molecule has 1 unspecified atom stereocenters. The van der Waals surface area contributed by atoms with E-state index in [1.165, 1.54) is 24.8 Å². The second kappa shape index (κ2) is 7.75. The number of hydrogen-bond donors (Lipinski definition) is 2. The van der Waals surface area contributed by atoms with Crippen LogP contribution in [0.1, 0.15) is 45.1 Å². The summed E-state index contributed by atoms with van der Waals surface area (Å²) in [6.07, 6.45) is 4.64. The highest BCUT2D eigenvalue weighted by Crippen LogP contribution is 2.08. The van der Waals surface area contributed by atoms with Gasteiger partial charge in [0.1, 0.15) is 0 Å². The van der Waals surface area contributed by atoms with Crippen molar-refractivity contribution in [2.75, 3.05) is 5.32 Å². The standard InChI is InChI=1S/C15H24N2O/c1-4-5-6-7-13(3)16-15(18)17-14-10-8-12(2)9-11-14/h8-11,13H,4-7H2,1-3H3,(H2,16,17,18). The van der Waals surface area contributed by atoms with Crippen LogP contribution < -0.4 is 10.6 Å². The molecule has 100 valence electrons. The Labute approximate surface area is 110 Å². The van der Waals surface area contributed by atoms with E-state index in [1.54, 1.807) is 0 Å². The summed E-state index contributed by atoms with van der Waals surface area (Å²) in [7, 11) is 0. The lowest BCUT2D eigenvalue weighted by Crippen LogP contribution is -2.36. The number of benzene rings is 1. The van der Waals surface area contributed by atoms with Gasteiger partial charge in [0.2, 0.25) is 0 Å². The predicted octanol–water partition coefficient (Wildman–Crippen LogP) is 4.09. The van der Waals surface area contributed by atoms with Gasteiger partial charge in [-0.3, -0.25) is 0 Å². The molecular formula is C15H24N2O. The molecule has 0 fully saturated rings. The molecule has 2 N–H and O–H groups in total. The largest absolute Gasteiger partial charge is 0.335 e. The molecule has 2 amide bonds. The minimum absolute atomic E-state index is 0.122. The first-order valence-corrected chi connectivity index (χ1v) is 6.76. The zero-order valence-electron chi connectivity index (χ0n) is 11.6. The summed E-state index contributed by atoms with van der Waals surface area (Å²) in [5.74, 6) is 0. The number of carbonyl (C=O) groups is 1. The Bertz CT molecular complexity index is 359. The van der Waals surface area contributed by atoms with Crippen LogP contribution in [0.3, 0.4) is 0 Å². The summed E-state index contributed by atoms with van der Waals surface area (Å²) in [4.78, 5) is 11.7. The lowest BCUT2D eigenvalue weighted by molar-refractivity contribution is 0.248. The first kappa shape index (κ1) is 14.6. The van der Waals surface area contributed by atoms with Crippen molar-refractivity contribution >= 4 is 11.7 Å². The Balaban J connectivity index is 2.30. The summed E-state index contributed by atoms with van der Waals surface area (Å²) in [5.41, 5.74) is 2.02. The summed E-state index contributed by atoms with van der Waals surface area (Å²) in [6.45, 7) is 6.26.